The minimum Gasteiger partial charge on any atom is -0.497 e. The van der Waals surface area contributed by atoms with Crippen LogP contribution >= 0.6 is 34.5 Å². The van der Waals surface area contributed by atoms with Gasteiger partial charge in [-0.15, -0.1) is 0 Å². The number of anilines is 1. The Hall–Kier alpha value is -2.10. The van der Waals surface area contributed by atoms with Gasteiger partial charge in [0.25, 0.3) is 5.91 Å². The average molecular weight is 510 g/mol. The van der Waals surface area contributed by atoms with Crippen molar-refractivity contribution in [2.24, 2.45) is 0 Å². The van der Waals surface area contributed by atoms with Crippen LogP contribution in [-0.4, -0.2) is 68.9 Å². The Morgan fingerprint density at radius 3 is 2.79 bits per heavy atom. The van der Waals surface area contributed by atoms with Crippen molar-refractivity contribution < 1.29 is 19.0 Å². The van der Waals surface area contributed by atoms with E-state index >= 15 is 0 Å². The van der Waals surface area contributed by atoms with Crippen molar-refractivity contribution in [2.45, 2.75) is 6.42 Å². The first kappa shape index (κ1) is 24.0. The highest BCUT2D eigenvalue weighted by Gasteiger charge is 2.21. The Morgan fingerprint density at radius 2 is 2.03 bits per heavy atom. The number of morpholine rings is 1. The van der Waals surface area contributed by atoms with Crippen LogP contribution in [0.25, 0.3) is 10.2 Å². The van der Waals surface area contributed by atoms with E-state index in [0.29, 0.717) is 27.5 Å². The van der Waals surface area contributed by atoms with Crippen LogP contribution in [0.4, 0.5) is 5.13 Å². The molecule has 0 atom stereocenters. The van der Waals surface area contributed by atoms with Crippen LogP contribution in [0.5, 0.6) is 11.5 Å². The van der Waals surface area contributed by atoms with Crippen LogP contribution in [-0.2, 0) is 9.53 Å². The van der Waals surface area contributed by atoms with Gasteiger partial charge in [-0.2, -0.15) is 0 Å². The molecule has 176 valence electrons. The lowest BCUT2D eigenvalue weighted by atomic mass is 10.3. The SMILES string of the molecule is COc1ccc2sc(N(CCCN3CCOCC3)C(=O)COc3ccc(Cl)cc3Cl)nc2c1. The summed E-state index contributed by atoms with van der Waals surface area (Å²) in [4.78, 5) is 22.0. The summed E-state index contributed by atoms with van der Waals surface area (Å²) in [5, 5.41) is 1.51. The molecule has 0 N–H and O–H groups in total. The summed E-state index contributed by atoms with van der Waals surface area (Å²) < 4.78 is 17.4. The van der Waals surface area contributed by atoms with Crippen molar-refractivity contribution in [1.82, 2.24) is 9.88 Å². The molecular weight excluding hydrogens is 485 g/mol. The van der Waals surface area contributed by atoms with Crippen LogP contribution < -0.4 is 14.4 Å². The molecule has 1 fully saturated rings. The van der Waals surface area contributed by atoms with Crippen molar-refractivity contribution in [3.05, 3.63) is 46.4 Å². The van der Waals surface area contributed by atoms with E-state index in [1.165, 1.54) is 11.3 Å². The molecule has 10 heteroatoms. The maximum atomic E-state index is 13.2. The van der Waals surface area contributed by atoms with Gasteiger partial charge >= 0.3 is 0 Å². The lowest BCUT2D eigenvalue weighted by Crippen LogP contribution is -2.40. The number of ether oxygens (including phenoxy) is 3. The summed E-state index contributed by atoms with van der Waals surface area (Å²) in [6.07, 6.45) is 0.812. The smallest absolute Gasteiger partial charge is 0.266 e. The van der Waals surface area contributed by atoms with E-state index in [0.717, 1.165) is 55.2 Å². The van der Waals surface area contributed by atoms with E-state index < -0.39 is 0 Å². The fourth-order valence-electron chi connectivity index (χ4n) is 3.55. The van der Waals surface area contributed by atoms with Crippen molar-refractivity contribution in [1.29, 1.82) is 0 Å². The molecule has 0 bridgehead atoms. The first-order valence-electron chi connectivity index (χ1n) is 10.7. The molecule has 1 aromatic heterocycles. The lowest BCUT2D eigenvalue weighted by molar-refractivity contribution is -0.120. The van der Waals surface area contributed by atoms with Gasteiger partial charge in [-0.3, -0.25) is 14.6 Å². The van der Waals surface area contributed by atoms with E-state index in [2.05, 4.69) is 4.90 Å². The van der Waals surface area contributed by atoms with Crippen LogP contribution in [0, 0.1) is 0 Å². The molecule has 2 heterocycles. The molecule has 0 radical (unpaired) electrons. The molecule has 1 aliphatic rings. The number of hydrogen-bond acceptors (Lipinski definition) is 7. The van der Waals surface area contributed by atoms with Gasteiger partial charge in [0.2, 0.25) is 0 Å². The van der Waals surface area contributed by atoms with Crippen molar-refractivity contribution in [2.75, 3.05) is 58.0 Å². The molecule has 4 rings (SSSR count). The summed E-state index contributed by atoms with van der Waals surface area (Å²) in [5.74, 6) is 0.955. The predicted molar refractivity (Wildman–Crippen MR) is 132 cm³/mol. The standard InChI is InChI=1S/C23H25Cl2N3O4S/c1-30-17-4-6-21-19(14-17)26-23(33-21)28(8-2-7-27-9-11-31-12-10-27)22(29)15-32-20-5-3-16(24)13-18(20)25/h3-6,13-14H,2,7-12,15H2,1H3. The van der Waals surface area contributed by atoms with Crippen LogP contribution in [0.3, 0.4) is 0 Å². The number of carbonyl (C=O) groups excluding carboxylic acids is 1. The highest BCUT2D eigenvalue weighted by atomic mass is 35.5. The normalized spacial score (nSPS) is 14.4. The minimum atomic E-state index is -0.186. The minimum absolute atomic E-state index is 0.155. The number of benzene rings is 2. The van der Waals surface area contributed by atoms with Crippen LogP contribution in [0.2, 0.25) is 10.0 Å². The maximum Gasteiger partial charge on any atom is 0.266 e. The van der Waals surface area contributed by atoms with Gasteiger partial charge < -0.3 is 14.2 Å². The van der Waals surface area contributed by atoms with Gasteiger partial charge in [-0.25, -0.2) is 4.98 Å². The second-order valence-electron chi connectivity index (χ2n) is 7.55. The van der Waals surface area contributed by atoms with Gasteiger partial charge in [0.15, 0.2) is 11.7 Å². The Labute approximate surface area is 206 Å². The largest absolute Gasteiger partial charge is 0.497 e. The second-order valence-corrected chi connectivity index (χ2v) is 9.40. The number of thiazole rings is 1. The molecule has 33 heavy (non-hydrogen) atoms. The van der Waals surface area contributed by atoms with Crippen molar-refractivity contribution >= 4 is 55.8 Å². The van der Waals surface area contributed by atoms with Gasteiger partial charge in [-0.05, 0) is 36.8 Å². The zero-order valence-electron chi connectivity index (χ0n) is 18.3. The molecule has 0 aliphatic carbocycles. The summed E-state index contributed by atoms with van der Waals surface area (Å²) in [5.41, 5.74) is 0.794. The number of halogens is 2. The number of carbonyl (C=O) groups is 1. The van der Waals surface area contributed by atoms with E-state index in [4.69, 9.17) is 42.4 Å². The van der Waals surface area contributed by atoms with Crippen LogP contribution in [0.1, 0.15) is 6.42 Å². The molecule has 0 unspecified atom stereocenters. The number of amides is 1. The number of fused-ring (bicyclic) bond motifs is 1. The number of hydrogen-bond donors (Lipinski definition) is 0. The molecular formula is C23H25Cl2N3O4S. The van der Waals surface area contributed by atoms with Gasteiger partial charge in [-0.1, -0.05) is 34.5 Å². The predicted octanol–water partition coefficient (Wildman–Crippen LogP) is 4.75. The zero-order valence-corrected chi connectivity index (χ0v) is 20.6. The van der Waals surface area contributed by atoms with Gasteiger partial charge in [0, 0.05) is 37.3 Å². The first-order valence-corrected chi connectivity index (χ1v) is 12.2. The Bertz CT molecular complexity index is 1100. The maximum absolute atomic E-state index is 13.2. The van der Waals surface area contributed by atoms with Crippen molar-refractivity contribution in [3.63, 3.8) is 0 Å². The first-order chi connectivity index (χ1) is 16.0. The molecule has 7 nitrogen and oxygen atoms in total. The topological polar surface area (TPSA) is 64.1 Å². The van der Waals surface area contributed by atoms with E-state index in [1.54, 1.807) is 30.2 Å². The van der Waals surface area contributed by atoms with E-state index in [9.17, 15) is 4.79 Å². The molecule has 2 aromatic carbocycles. The van der Waals surface area contributed by atoms with E-state index in [1.807, 2.05) is 18.2 Å². The molecule has 0 saturated carbocycles. The van der Waals surface area contributed by atoms with Crippen molar-refractivity contribution in [3.8, 4) is 11.5 Å². The monoisotopic (exact) mass is 509 g/mol. The summed E-state index contributed by atoms with van der Waals surface area (Å²) in [6.45, 7) is 4.58. The quantitative estimate of drug-likeness (QED) is 0.414. The lowest BCUT2D eigenvalue weighted by Gasteiger charge is -2.27. The summed E-state index contributed by atoms with van der Waals surface area (Å²) >= 11 is 13.6. The number of rotatable bonds is 9. The van der Waals surface area contributed by atoms with Gasteiger partial charge in [0.05, 0.1) is 35.6 Å². The molecule has 1 amide bonds. The summed E-state index contributed by atoms with van der Waals surface area (Å²) in [6, 6.07) is 10.6. The highest BCUT2D eigenvalue weighted by Crippen LogP contribution is 2.32. The summed E-state index contributed by atoms with van der Waals surface area (Å²) in [7, 11) is 1.62. The Balaban J connectivity index is 1.49. The fourth-order valence-corrected chi connectivity index (χ4v) is 5.00. The second kappa shape index (κ2) is 11.4. The molecule has 1 saturated heterocycles. The Kier molecular flexibility index (Phi) is 8.27. The fraction of sp³-hybridized carbons (Fsp3) is 0.391. The third-order valence-electron chi connectivity index (χ3n) is 5.32. The van der Waals surface area contributed by atoms with E-state index in [-0.39, 0.29) is 12.5 Å². The number of aromatic nitrogens is 1. The molecule has 1 aliphatic heterocycles. The highest BCUT2D eigenvalue weighted by molar-refractivity contribution is 7.22. The number of nitrogens with zero attached hydrogens (tertiary/aromatic N) is 3. The average Bonchev–Trinajstić information content (AvgIpc) is 3.24. The third-order valence-corrected chi connectivity index (χ3v) is 6.91. The van der Waals surface area contributed by atoms with Crippen LogP contribution in [0.15, 0.2) is 36.4 Å². The zero-order chi connectivity index (χ0) is 23.2. The Morgan fingerprint density at radius 1 is 1.21 bits per heavy atom. The number of methoxy groups -OCH3 is 1. The van der Waals surface area contributed by atoms with Gasteiger partial charge in [0.1, 0.15) is 11.5 Å². The molecule has 0 spiro atoms. The third kappa shape index (κ3) is 6.28. The molecule has 3 aromatic rings.